The van der Waals surface area contributed by atoms with Gasteiger partial charge in [0, 0.05) is 5.56 Å². The first-order valence-corrected chi connectivity index (χ1v) is 6.25. The van der Waals surface area contributed by atoms with E-state index in [-0.39, 0.29) is 5.56 Å². The van der Waals surface area contributed by atoms with Crippen molar-refractivity contribution in [2.45, 2.75) is 6.10 Å². The second-order valence-corrected chi connectivity index (χ2v) is 4.64. The zero-order chi connectivity index (χ0) is 15.0. The van der Waals surface area contributed by atoms with Crippen molar-refractivity contribution in [3.63, 3.8) is 0 Å². The van der Waals surface area contributed by atoms with Crippen molar-refractivity contribution in [2.24, 2.45) is 0 Å². The number of fused-ring (bicyclic) bond motifs is 1. The highest BCUT2D eigenvalue weighted by molar-refractivity contribution is 5.74. The maximum atomic E-state index is 13.7. The fourth-order valence-corrected chi connectivity index (χ4v) is 2.18. The second-order valence-electron chi connectivity index (χ2n) is 4.64. The van der Waals surface area contributed by atoms with E-state index in [2.05, 4.69) is 9.97 Å². The Morgan fingerprint density at radius 3 is 2.33 bits per heavy atom. The molecular formula is C15H11FN2O3. The van der Waals surface area contributed by atoms with Gasteiger partial charge in [-0.05, 0) is 23.8 Å². The van der Waals surface area contributed by atoms with Gasteiger partial charge in [-0.2, -0.15) is 0 Å². The molecule has 0 spiro atoms. The number of aliphatic hydroxyl groups excluding tert-OH is 1. The van der Waals surface area contributed by atoms with E-state index in [1.54, 1.807) is 18.2 Å². The van der Waals surface area contributed by atoms with Crippen LogP contribution in [-0.2, 0) is 0 Å². The van der Waals surface area contributed by atoms with Crippen molar-refractivity contribution < 1.29 is 9.50 Å². The van der Waals surface area contributed by atoms with Gasteiger partial charge in [0.25, 0.3) is 0 Å². The Hall–Kier alpha value is -2.73. The maximum absolute atomic E-state index is 13.7. The first-order valence-electron chi connectivity index (χ1n) is 6.25. The summed E-state index contributed by atoms with van der Waals surface area (Å²) in [6.45, 7) is 0. The fourth-order valence-electron chi connectivity index (χ4n) is 2.18. The molecule has 0 saturated carbocycles. The van der Waals surface area contributed by atoms with Crippen molar-refractivity contribution in [2.75, 3.05) is 0 Å². The standard InChI is InChI=1S/C15H11FN2O3/c16-10-4-2-1-3-9(10)13(19)8-5-6-11-12(7-8)18-15(21)14(20)17-11/h1-7,13,19H,(H,17,20)(H,18,21). The van der Waals surface area contributed by atoms with E-state index in [4.69, 9.17) is 0 Å². The van der Waals surface area contributed by atoms with Gasteiger partial charge in [0.05, 0.1) is 11.0 Å². The molecule has 21 heavy (non-hydrogen) atoms. The summed E-state index contributed by atoms with van der Waals surface area (Å²) < 4.78 is 13.7. The quantitative estimate of drug-likeness (QED) is 0.623. The molecule has 2 aromatic carbocycles. The molecule has 1 heterocycles. The third kappa shape index (κ3) is 2.36. The van der Waals surface area contributed by atoms with Gasteiger partial charge in [0.15, 0.2) is 0 Å². The predicted octanol–water partition coefficient (Wildman–Crippen LogP) is 1.44. The van der Waals surface area contributed by atoms with Crippen LogP contribution < -0.4 is 11.1 Å². The summed E-state index contributed by atoms with van der Waals surface area (Å²) in [4.78, 5) is 27.4. The molecule has 1 unspecified atom stereocenters. The van der Waals surface area contributed by atoms with Crippen molar-refractivity contribution in [3.05, 3.63) is 80.1 Å². The van der Waals surface area contributed by atoms with Crippen LogP contribution in [-0.4, -0.2) is 15.1 Å². The van der Waals surface area contributed by atoms with Gasteiger partial charge in [-0.1, -0.05) is 24.3 Å². The van der Waals surface area contributed by atoms with E-state index in [0.29, 0.717) is 16.6 Å². The average molecular weight is 286 g/mol. The first kappa shape index (κ1) is 13.3. The van der Waals surface area contributed by atoms with Crippen LogP contribution >= 0.6 is 0 Å². The molecule has 3 rings (SSSR count). The van der Waals surface area contributed by atoms with Gasteiger partial charge in [-0.3, -0.25) is 9.59 Å². The number of hydrogen-bond donors (Lipinski definition) is 3. The summed E-state index contributed by atoms with van der Waals surface area (Å²) in [6, 6.07) is 10.5. The van der Waals surface area contributed by atoms with Gasteiger partial charge in [-0.15, -0.1) is 0 Å². The summed E-state index contributed by atoms with van der Waals surface area (Å²) in [5, 5.41) is 10.3. The average Bonchev–Trinajstić information content (AvgIpc) is 2.48. The van der Waals surface area contributed by atoms with Crippen LogP contribution in [0.5, 0.6) is 0 Å². The summed E-state index contributed by atoms with van der Waals surface area (Å²) in [5.41, 5.74) is -0.166. The van der Waals surface area contributed by atoms with Gasteiger partial charge in [0.1, 0.15) is 11.9 Å². The number of hydrogen-bond acceptors (Lipinski definition) is 3. The zero-order valence-electron chi connectivity index (χ0n) is 10.8. The smallest absolute Gasteiger partial charge is 0.314 e. The van der Waals surface area contributed by atoms with Crippen LogP contribution in [0.15, 0.2) is 52.1 Å². The summed E-state index contributed by atoms with van der Waals surface area (Å²) in [5.74, 6) is -0.514. The lowest BCUT2D eigenvalue weighted by molar-refractivity contribution is 0.215. The molecule has 0 saturated heterocycles. The lowest BCUT2D eigenvalue weighted by Gasteiger charge is -2.12. The lowest BCUT2D eigenvalue weighted by Crippen LogP contribution is -2.28. The van der Waals surface area contributed by atoms with Gasteiger partial charge >= 0.3 is 11.1 Å². The summed E-state index contributed by atoms with van der Waals surface area (Å²) in [7, 11) is 0. The highest BCUT2D eigenvalue weighted by Gasteiger charge is 2.15. The molecule has 6 heteroatoms. The molecular weight excluding hydrogens is 275 g/mol. The van der Waals surface area contributed by atoms with Crippen molar-refractivity contribution in [1.82, 2.24) is 9.97 Å². The zero-order valence-corrected chi connectivity index (χ0v) is 10.8. The number of aliphatic hydroxyl groups is 1. The molecule has 1 aromatic heterocycles. The Morgan fingerprint density at radius 2 is 1.62 bits per heavy atom. The molecule has 0 fully saturated rings. The maximum Gasteiger partial charge on any atom is 0.314 e. The minimum absolute atomic E-state index is 0.142. The SMILES string of the molecule is O=c1[nH]c2ccc(C(O)c3ccccc3F)cc2[nH]c1=O. The summed E-state index contributed by atoms with van der Waals surface area (Å²) in [6.07, 6.45) is -1.16. The van der Waals surface area contributed by atoms with Crippen LogP contribution in [0, 0.1) is 5.82 Å². The normalized spacial score (nSPS) is 12.5. The van der Waals surface area contributed by atoms with E-state index < -0.39 is 23.0 Å². The minimum atomic E-state index is -1.16. The highest BCUT2D eigenvalue weighted by atomic mass is 19.1. The largest absolute Gasteiger partial charge is 0.384 e. The Balaban J connectivity index is 2.13. The minimum Gasteiger partial charge on any atom is -0.384 e. The third-order valence-corrected chi connectivity index (χ3v) is 3.26. The molecule has 106 valence electrons. The van der Waals surface area contributed by atoms with Gasteiger partial charge in [0.2, 0.25) is 0 Å². The summed E-state index contributed by atoms with van der Waals surface area (Å²) >= 11 is 0. The van der Waals surface area contributed by atoms with E-state index in [1.807, 2.05) is 0 Å². The van der Waals surface area contributed by atoms with E-state index in [9.17, 15) is 19.1 Å². The molecule has 3 aromatic rings. The lowest BCUT2D eigenvalue weighted by atomic mass is 10.0. The van der Waals surface area contributed by atoms with Gasteiger partial charge < -0.3 is 15.1 Å². The second kappa shape index (κ2) is 4.99. The Kier molecular flexibility index (Phi) is 3.15. The fraction of sp³-hybridized carbons (Fsp3) is 0.0667. The number of aromatic amines is 2. The molecule has 0 aliphatic heterocycles. The topological polar surface area (TPSA) is 85.9 Å². The highest BCUT2D eigenvalue weighted by Crippen LogP contribution is 2.25. The molecule has 0 aliphatic carbocycles. The number of halogens is 1. The van der Waals surface area contributed by atoms with Crippen LogP contribution in [0.4, 0.5) is 4.39 Å². The number of H-pyrrole nitrogens is 2. The van der Waals surface area contributed by atoms with Crippen LogP contribution in [0.2, 0.25) is 0 Å². The third-order valence-electron chi connectivity index (χ3n) is 3.26. The van der Waals surface area contributed by atoms with Crippen LogP contribution in [0.3, 0.4) is 0 Å². The molecule has 0 amide bonds. The predicted molar refractivity (Wildman–Crippen MR) is 75.7 cm³/mol. The monoisotopic (exact) mass is 286 g/mol. The number of rotatable bonds is 2. The number of nitrogens with one attached hydrogen (secondary N) is 2. The van der Waals surface area contributed by atoms with Crippen LogP contribution in [0.25, 0.3) is 11.0 Å². The van der Waals surface area contributed by atoms with Crippen molar-refractivity contribution in [3.8, 4) is 0 Å². The van der Waals surface area contributed by atoms with Crippen molar-refractivity contribution in [1.29, 1.82) is 0 Å². The van der Waals surface area contributed by atoms with E-state index in [0.717, 1.165) is 0 Å². The van der Waals surface area contributed by atoms with E-state index in [1.165, 1.54) is 24.3 Å². The number of benzene rings is 2. The molecule has 0 radical (unpaired) electrons. The first-order chi connectivity index (χ1) is 10.1. The Labute approximate surface area is 117 Å². The molecule has 0 bridgehead atoms. The molecule has 1 atom stereocenters. The number of aromatic nitrogens is 2. The molecule has 0 aliphatic rings. The molecule has 5 nitrogen and oxygen atoms in total. The van der Waals surface area contributed by atoms with Crippen molar-refractivity contribution >= 4 is 11.0 Å². The Morgan fingerprint density at radius 1 is 0.952 bits per heavy atom. The van der Waals surface area contributed by atoms with E-state index >= 15 is 0 Å². The van der Waals surface area contributed by atoms with Crippen LogP contribution in [0.1, 0.15) is 17.2 Å². The molecule has 3 N–H and O–H groups in total. The van der Waals surface area contributed by atoms with Gasteiger partial charge in [-0.25, -0.2) is 4.39 Å². The Bertz CT molecular complexity index is 930.